The number of carboxylic acid groups (broad SMARTS) is 1. The van der Waals surface area contributed by atoms with E-state index in [4.69, 9.17) is 5.11 Å². The van der Waals surface area contributed by atoms with E-state index in [0.717, 1.165) is 5.56 Å². The molecule has 0 aliphatic rings. The van der Waals surface area contributed by atoms with Gasteiger partial charge in [0.2, 0.25) is 0 Å². The lowest BCUT2D eigenvalue weighted by Gasteiger charge is -2.17. The highest BCUT2D eigenvalue weighted by atomic mass is 16.4. The number of rotatable bonds is 4. The zero-order valence-electron chi connectivity index (χ0n) is 9.78. The van der Waals surface area contributed by atoms with E-state index in [2.05, 4.69) is 0 Å². The second-order valence-corrected chi connectivity index (χ2v) is 4.12. The van der Waals surface area contributed by atoms with Crippen LogP contribution < -0.4 is 0 Å². The van der Waals surface area contributed by atoms with Crippen molar-refractivity contribution in [3.8, 4) is 5.75 Å². The molecule has 2 N–H and O–H groups in total. The molecule has 3 nitrogen and oxygen atoms in total. The first-order valence-corrected chi connectivity index (χ1v) is 5.73. The summed E-state index contributed by atoms with van der Waals surface area (Å²) in [7, 11) is 0. The van der Waals surface area contributed by atoms with Gasteiger partial charge in [0, 0.05) is 11.5 Å². The van der Waals surface area contributed by atoms with Crippen LogP contribution in [0.15, 0.2) is 54.6 Å². The highest BCUT2D eigenvalue weighted by Crippen LogP contribution is 2.33. The summed E-state index contributed by atoms with van der Waals surface area (Å²) in [5.74, 6) is -1.08. The number of phenols is 1. The van der Waals surface area contributed by atoms with Crippen molar-refractivity contribution in [2.45, 2.75) is 12.3 Å². The quantitative estimate of drug-likeness (QED) is 0.866. The summed E-state index contributed by atoms with van der Waals surface area (Å²) in [6.45, 7) is 0. The molecule has 0 aliphatic heterocycles. The monoisotopic (exact) mass is 242 g/mol. The Kier molecular flexibility index (Phi) is 3.63. The molecule has 0 aliphatic carbocycles. The van der Waals surface area contributed by atoms with Gasteiger partial charge < -0.3 is 10.2 Å². The van der Waals surface area contributed by atoms with Crippen LogP contribution in [-0.2, 0) is 4.79 Å². The maximum Gasteiger partial charge on any atom is 0.304 e. The lowest BCUT2D eigenvalue weighted by atomic mass is 9.88. The van der Waals surface area contributed by atoms with Gasteiger partial charge in [0.15, 0.2) is 0 Å². The number of aromatic hydroxyl groups is 1. The van der Waals surface area contributed by atoms with Crippen molar-refractivity contribution in [1.29, 1.82) is 0 Å². The van der Waals surface area contributed by atoms with Crippen LogP contribution in [-0.4, -0.2) is 16.2 Å². The van der Waals surface area contributed by atoms with Crippen molar-refractivity contribution in [3.63, 3.8) is 0 Å². The van der Waals surface area contributed by atoms with Gasteiger partial charge in [-0.25, -0.2) is 0 Å². The van der Waals surface area contributed by atoms with E-state index in [9.17, 15) is 9.90 Å². The second kappa shape index (κ2) is 5.36. The fourth-order valence-corrected chi connectivity index (χ4v) is 2.05. The van der Waals surface area contributed by atoms with Crippen LogP contribution in [0.5, 0.6) is 5.75 Å². The van der Waals surface area contributed by atoms with Gasteiger partial charge in [0.05, 0.1) is 6.42 Å². The summed E-state index contributed by atoms with van der Waals surface area (Å²) in [5, 5.41) is 18.9. The first-order chi connectivity index (χ1) is 8.68. The number of carbonyl (C=O) groups is 1. The molecule has 0 bridgehead atoms. The number of phenolic OH excluding ortho intramolecular Hbond substituents is 1. The molecule has 0 heterocycles. The van der Waals surface area contributed by atoms with Crippen molar-refractivity contribution < 1.29 is 15.0 Å². The maximum absolute atomic E-state index is 11.0. The normalized spacial score (nSPS) is 12.0. The highest BCUT2D eigenvalue weighted by Gasteiger charge is 2.20. The van der Waals surface area contributed by atoms with E-state index in [1.54, 1.807) is 24.3 Å². The largest absolute Gasteiger partial charge is 0.508 e. The Morgan fingerprint density at radius 1 is 1.00 bits per heavy atom. The van der Waals surface area contributed by atoms with Crippen LogP contribution in [0.1, 0.15) is 23.5 Å². The molecular weight excluding hydrogens is 228 g/mol. The van der Waals surface area contributed by atoms with Crippen LogP contribution >= 0.6 is 0 Å². The summed E-state index contributed by atoms with van der Waals surface area (Å²) in [6, 6.07) is 16.2. The SMILES string of the molecule is O=C(O)C[C@@H](c1ccccc1)c1ccccc1O. The average molecular weight is 242 g/mol. The van der Waals surface area contributed by atoms with Gasteiger partial charge >= 0.3 is 5.97 Å². The van der Waals surface area contributed by atoms with Crippen molar-refractivity contribution in [2.75, 3.05) is 0 Å². The molecule has 18 heavy (non-hydrogen) atoms. The van der Waals surface area contributed by atoms with Crippen LogP contribution in [0.2, 0.25) is 0 Å². The van der Waals surface area contributed by atoms with E-state index in [1.807, 2.05) is 30.3 Å². The standard InChI is InChI=1S/C15H14O3/c16-14-9-5-4-8-12(14)13(10-15(17)18)11-6-2-1-3-7-11/h1-9,13,16H,10H2,(H,17,18)/t13-/m0/s1. The number of aliphatic carboxylic acids is 1. The second-order valence-electron chi connectivity index (χ2n) is 4.12. The molecule has 0 radical (unpaired) electrons. The van der Waals surface area contributed by atoms with Crippen LogP contribution in [0, 0.1) is 0 Å². The van der Waals surface area contributed by atoms with Crippen molar-refractivity contribution >= 4 is 5.97 Å². The van der Waals surface area contributed by atoms with Gasteiger partial charge in [-0.2, -0.15) is 0 Å². The molecule has 0 aromatic heterocycles. The van der Waals surface area contributed by atoms with Gasteiger partial charge in [-0.3, -0.25) is 4.79 Å². The highest BCUT2D eigenvalue weighted by molar-refractivity contribution is 5.69. The minimum Gasteiger partial charge on any atom is -0.508 e. The number of hydrogen-bond acceptors (Lipinski definition) is 2. The average Bonchev–Trinajstić information content (AvgIpc) is 2.38. The molecule has 3 heteroatoms. The predicted molar refractivity (Wildman–Crippen MR) is 68.6 cm³/mol. The molecule has 2 aromatic rings. The molecule has 0 saturated heterocycles. The summed E-state index contributed by atoms with van der Waals surface area (Å²) < 4.78 is 0. The van der Waals surface area contributed by atoms with Gasteiger partial charge in [0.25, 0.3) is 0 Å². The topological polar surface area (TPSA) is 57.5 Å². The minimum absolute atomic E-state index is 0.0401. The fraction of sp³-hybridized carbons (Fsp3) is 0.133. The third-order valence-electron chi connectivity index (χ3n) is 2.89. The Morgan fingerprint density at radius 2 is 1.61 bits per heavy atom. The van der Waals surface area contributed by atoms with Crippen molar-refractivity contribution in [1.82, 2.24) is 0 Å². The Bertz CT molecular complexity index is 534. The fourth-order valence-electron chi connectivity index (χ4n) is 2.05. The Labute approximate surface area is 105 Å². The summed E-state index contributed by atoms with van der Waals surface area (Å²) >= 11 is 0. The molecule has 0 saturated carbocycles. The summed E-state index contributed by atoms with van der Waals surface area (Å²) in [6.07, 6.45) is -0.0401. The molecule has 0 spiro atoms. The lowest BCUT2D eigenvalue weighted by Crippen LogP contribution is -2.08. The molecule has 92 valence electrons. The third kappa shape index (κ3) is 2.69. The van der Waals surface area contributed by atoms with E-state index in [-0.39, 0.29) is 18.1 Å². The summed E-state index contributed by atoms with van der Waals surface area (Å²) in [4.78, 5) is 11.0. The Morgan fingerprint density at radius 3 is 2.22 bits per heavy atom. The first kappa shape index (κ1) is 12.2. The zero-order chi connectivity index (χ0) is 13.0. The first-order valence-electron chi connectivity index (χ1n) is 5.73. The lowest BCUT2D eigenvalue weighted by molar-refractivity contribution is -0.137. The van der Waals surface area contributed by atoms with Crippen molar-refractivity contribution in [3.05, 3.63) is 65.7 Å². The number of benzene rings is 2. The minimum atomic E-state index is -0.882. The number of hydrogen-bond donors (Lipinski definition) is 2. The van der Waals surface area contributed by atoms with Gasteiger partial charge in [-0.1, -0.05) is 48.5 Å². The van der Waals surface area contributed by atoms with Crippen LogP contribution in [0.3, 0.4) is 0 Å². The maximum atomic E-state index is 11.0. The third-order valence-corrected chi connectivity index (χ3v) is 2.89. The van der Waals surface area contributed by atoms with E-state index in [1.165, 1.54) is 0 Å². The predicted octanol–water partition coefficient (Wildman–Crippen LogP) is 3.00. The van der Waals surface area contributed by atoms with Gasteiger partial charge in [-0.15, -0.1) is 0 Å². The van der Waals surface area contributed by atoms with Crippen LogP contribution in [0.4, 0.5) is 0 Å². The molecule has 2 rings (SSSR count). The van der Waals surface area contributed by atoms with Crippen LogP contribution in [0.25, 0.3) is 0 Å². The smallest absolute Gasteiger partial charge is 0.304 e. The Balaban J connectivity index is 2.44. The summed E-state index contributed by atoms with van der Waals surface area (Å²) in [5.41, 5.74) is 1.53. The van der Waals surface area contributed by atoms with Crippen molar-refractivity contribution in [2.24, 2.45) is 0 Å². The van der Waals surface area contributed by atoms with E-state index in [0.29, 0.717) is 5.56 Å². The Hall–Kier alpha value is -2.29. The van der Waals surface area contributed by atoms with E-state index >= 15 is 0 Å². The molecule has 1 atom stereocenters. The molecular formula is C15H14O3. The number of carboxylic acids is 1. The molecule has 0 amide bonds. The van der Waals surface area contributed by atoms with E-state index < -0.39 is 5.97 Å². The van der Waals surface area contributed by atoms with Gasteiger partial charge in [0.1, 0.15) is 5.75 Å². The molecule has 2 aromatic carbocycles. The molecule has 0 fully saturated rings. The van der Waals surface area contributed by atoms with Gasteiger partial charge in [-0.05, 0) is 11.6 Å². The zero-order valence-corrected chi connectivity index (χ0v) is 9.78. The number of para-hydroxylation sites is 1. The molecule has 0 unspecified atom stereocenters.